The molecule has 1 aromatic carbocycles. The molecule has 1 aromatic rings. The van der Waals surface area contributed by atoms with Gasteiger partial charge >= 0.3 is 12.1 Å². The van der Waals surface area contributed by atoms with Gasteiger partial charge in [0.25, 0.3) is 0 Å². The van der Waals surface area contributed by atoms with Gasteiger partial charge in [-0.3, -0.25) is 4.90 Å². The summed E-state index contributed by atoms with van der Waals surface area (Å²) >= 11 is 0. The van der Waals surface area contributed by atoms with E-state index in [9.17, 15) is 14.7 Å². The van der Waals surface area contributed by atoms with Crippen LogP contribution >= 0.6 is 0 Å². The summed E-state index contributed by atoms with van der Waals surface area (Å²) in [6.07, 6.45) is 1.64. The SMILES string of the molecule is CC(C)(C)OC(=O)N1CCC(c2ccccc2)=C[C@@H]1C(=O)O. The lowest BCUT2D eigenvalue weighted by molar-refractivity contribution is -0.141. The van der Waals surface area contributed by atoms with E-state index in [1.54, 1.807) is 26.8 Å². The first-order chi connectivity index (χ1) is 10.3. The third-order valence-corrected chi connectivity index (χ3v) is 3.34. The minimum Gasteiger partial charge on any atom is -0.479 e. The fourth-order valence-electron chi connectivity index (χ4n) is 2.37. The second kappa shape index (κ2) is 6.22. The van der Waals surface area contributed by atoms with E-state index in [4.69, 9.17) is 4.74 Å². The largest absolute Gasteiger partial charge is 0.479 e. The third-order valence-electron chi connectivity index (χ3n) is 3.34. The number of benzene rings is 1. The molecule has 118 valence electrons. The van der Waals surface area contributed by atoms with Gasteiger partial charge in [0.05, 0.1) is 0 Å². The molecule has 0 spiro atoms. The van der Waals surface area contributed by atoms with E-state index < -0.39 is 23.7 Å². The van der Waals surface area contributed by atoms with Crippen LogP contribution in [0.2, 0.25) is 0 Å². The quantitative estimate of drug-likeness (QED) is 0.911. The molecule has 0 aromatic heterocycles. The molecular weight excluding hydrogens is 282 g/mol. The maximum Gasteiger partial charge on any atom is 0.411 e. The fraction of sp³-hybridized carbons (Fsp3) is 0.412. The minimum atomic E-state index is -1.06. The predicted molar refractivity (Wildman–Crippen MR) is 83.4 cm³/mol. The van der Waals surface area contributed by atoms with E-state index in [0.29, 0.717) is 13.0 Å². The minimum absolute atomic E-state index is 0.326. The van der Waals surface area contributed by atoms with Crippen molar-refractivity contribution in [1.82, 2.24) is 4.90 Å². The van der Waals surface area contributed by atoms with Crippen LogP contribution in [0.1, 0.15) is 32.8 Å². The monoisotopic (exact) mass is 303 g/mol. The van der Waals surface area contributed by atoms with Gasteiger partial charge in [-0.05, 0) is 44.4 Å². The number of hydrogen-bond acceptors (Lipinski definition) is 3. The van der Waals surface area contributed by atoms with Crippen molar-refractivity contribution in [3.63, 3.8) is 0 Å². The third kappa shape index (κ3) is 3.87. The number of amides is 1. The van der Waals surface area contributed by atoms with Crippen molar-refractivity contribution in [3.05, 3.63) is 42.0 Å². The number of rotatable bonds is 2. The number of carbonyl (C=O) groups excluding carboxylic acids is 1. The molecule has 22 heavy (non-hydrogen) atoms. The van der Waals surface area contributed by atoms with Crippen LogP contribution in [0.5, 0.6) is 0 Å². The molecule has 0 aliphatic carbocycles. The van der Waals surface area contributed by atoms with Crippen LogP contribution < -0.4 is 0 Å². The topological polar surface area (TPSA) is 66.8 Å². The zero-order valence-electron chi connectivity index (χ0n) is 13.1. The van der Waals surface area contributed by atoms with Crippen LogP contribution in [-0.4, -0.2) is 40.3 Å². The molecule has 2 rings (SSSR count). The summed E-state index contributed by atoms with van der Waals surface area (Å²) in [5.74, 6) is -1.06. The number of carboxylic acid groups (broad SMARTS) is 1. The van der Waals surface area contributed by atoms with Gasteiger partial charge in [0.1, 0.15) is 5.60 Å². The smallest absolute Gasteiger partial charge is 0.411 e. The molecule has 0 radical (unpaired) electrons. The zero-order chi connectivity index (χ0) is 16.3. The average molecular weight is 303 g/mol. The molecule has 0 unspecified atom stereocenters. The molecule has 0 saturated carbocycles. The van der Waals surface area contributed by atoms with Crippen LogP contribution in [0.3, 0.4) is 0 Å². The van der Waals surface area contributed by atoms with Crippen molar-refractivity contribution in [3.8, 4) is 0 Å². The second-order valence-corrected chi connectivity index (χ2v) is 6.26. The van der Waals surface area contributed by atoms with Crippen molar-refractivity contribution in [2.75, 3.05) is 6.54 Å². The van der Waals surface area contributed by atoms with Gasteiger partial charge in [-0.15, -0.1) is 0 Å². The van der Waals surface area contributed by atoms with E-state index in [1.165, 1.54) is 4.90 Å². The molecule has 0 saturated heterocycles. The fourth-order valence-corrected chi connectivity index (χ4v) is 2.37. The highest BCUT2D eigenvalue weighted by Crippen LogP contribution is 2.26. The van der Waals surface area contributed by atoms with E-state index >= 15 is 0 Å². The first kappa shape index (κ1) is 16.1. The first-order valence-corrected chi connectivity index (χ1v) is 7.26. The Labute approximate surface area is 130 Å². The summed E-state index contributed by atoms with van der Waals surface area (Å²) in [5.41, 5.74) is 1.27. The van der Waals surface area contributed by atoms with Gasteiger partial charge in [-0.2, -0.15) is 0 Å². The Balaban J connectivity index is 2.24. The molecule has 5 nitrogen and oxygen atoms in total. The lowest BCUT2D eigenvalue weighted by Gasteiger charge is -2.33. The normalized spacial score (nSPS) is 18.6. The van der Waals surface area contributed by atoms with Gasteiger partial charge in [-0.1, -0.05) is 30.3 Å². The van der Waals surface area contributed by atoms with E-state index in [2.05, 4.69) is 0 Å². The Morgan fingerprint density at radius 1 is 1.23 bits per heavy atom. The van der Waals surface area contributed by atoms with E-state index in [1.807, 2.05) is 30.3 Å². The summed E-state index contributed by atoms with van der Waals surface area (Å²) < 4.78 is 5.29. The number of ether oxygens (including phenoxy) is 1. The number of nitrogens with zero attached hydrogens (tertiary/aromatic N) is 1. The Bertz CT molecular complexity index is 586. The van der Waals surface area contributed by atoms with Crippen LogP contribution in [-0.2, 0) is 9.53 Å². The second-order valence-electron chi connectivity index (χ2n) is 6.26. The Hall–Kier alpha value is -2.30. The van der Waals surface area contributed by atoms with Crippen LogP contribution in [0, 0.1) is 0 Å². The number of aliphatic carboxylic acids is 1. The molecule has 5 heteroatoms. The Morgan fingerprint density at radius 2 is 1.86 bits per heavy atom. The maximum atomic E-state index is 12.2. The average Bonchev–Trinajstić information content (AvgIpc) is 2.45. The number of hydrogen-bond donors (Lipinski definition) is 1. The lowest BCUT2D eigenvalue weighted by Crippen LogP contribution is -2.48. The summed E-state index contributed by atoms with van der Waals surface area (Å²) in [4.78, 5) is 25.0. The van der Waals surface area contributed by atoms with Crippen molar-refractivity contribution in [1.29, 1.82) is 0 Å². The van der Waals surface area contributed by atoms with Crippen molar-refractivity contribution in [2.24, 2.45) is 0 Å². The highest BCUT2D eigenvalue weighted by atomic mass is 16.6. The summed E-state index contributed by atoms with van der Waals surface area (Å²) in [7, 11) is 0. The standard InChI is InChI=1S/C17H21NO4/c1-17(2,3)22-16(21)18-10-9-13(11-14(18)15(19)20)12-7-5-4-6-8-12/h4-8,11,14H,9-10H2,1-3H3,(H,19,20)/t14-/m1/s1. The highest BCUT2D eigenvalue weighted by molar-refractivity contribution is 5.86. The molecule has 1 amide bonds. The molecule has 0 bridgehead atoms. The summed E-state index contributed by atoms with van der Waals surface area (Å²) in [5, 5.41) is 9.43. The first-order valence-electron chi connectivity index (χ1n) is 7.26. The van der Waals surface area contributed by atoms with Gasteiger partial charge in [-0.25, -0.2) is 9.59 Å². The predicted octanol–water partition coefficient (Wildman–Crippen LogP) is 3.16. The molecule has 1 aliphatic heterocycles. The van der Waals surface area contributed by atoms with Crippen molar-refractivity contribution < 1.29 is 19.4 Å². The zero-order valence-corrected chi connectivity index (χ0v) is 13.1. The van der Waals surface area contributed by atoms with Crippen LogP contribution in [0.15, 0.2) is 36.4 Å². The molecule has 0 fully saturated rings. The Morgan fingerprint density at radius 3 is 2.41 bits per heavy atom. The van der Waals surface area contributed by atoms with Crippen molar-refractivity contribution >= 4 is 17.6 Å². The molecule has 1 atom stereocenters. The lowest BCUT2D eigenvalue weighted by atomic mass is 9.96. The van der Waals surface area contributed by atoms with E-state index in [0.717, 1.165) is 11.1 Å². The summed E-state index contributed by atoms with van der Waals surface area (Å²) in [6.45, 7) is 5.61. The number of carboxylic acids is 1. The Kier molecular flexibility index (Phi) is 4.54. The van der Waals surface area contributed by atoms with Gasteiger partial charge in [0, 0.05) is 6.54 Å². The van der Waals surface area contributed by atoms with Gasteiger partial charge in [0.2, 0.25) is 0 Å². The highest BCUT2D eigenvalue weighted by Gasteiger charge is 2.34. The van der Waals surface area contributed by atoms with Gasteiger partial charge < -0.3 is 9.84 Å². The molecule has 1 N–H and O–H groups in total. The van der Waals surface area contributed by atoms with Crippen molar-refractivity contribution in [2.45, 2.75) is 38.8 Å². The van der Waals surface area contributed by atoms with Crippen LogP contribution in [0.4, 0.5) is 4.79 Å². The van der Waals surface area contributed by atoms with Gasteiger partial charge in [0.15, 0.2) is 6.04 Å². The number of carbonyl (C=O) groups is 2. The maximum absolute atomic E-state index is 12.2. The molecule has 1 aliphatic rings. The van der Waals surface area contributed by atoms with E-state index in [-0.39, 0.29) is 0 Å². The molecular formula is C17H21NO4. The summed E-state index contributed by atoms with van der Waals surface area (Å²) in [6, 6.07) is 8.60. The molecule has 1 heterocycles. The van der Waals surface area contributed by atoms with Crippen LogP contribution in [0.25, 0.3) is 5.57 Å².